The van der Waals surface area contributed by atoms with E-state index >= 15 is 0 Å². The Labute approximate surface area is 137 Å². The minimum atomic E-state index is -0.0369. The van der Waals surface area contributed by atoms with Gasteiger partial charge in [-0.05, 0) is 48.9 Å². The van der Waals surface area contributed by atoms with E-state index < -0.39 is 0 Å². The Morgan fingerprint density at radius 1 is 1.22 bits per heavy atom. The molecule has 1 aliphatic heterocycles. The molecule has 3 rings (SSSR count). The summed E-state index contributed by atoms with van der Waals surface area (Å²) in [4.78, 5) is 23.9. The Kier molecular flexibility index (Phi) is 4.66. The second-order valence-electron chi connectivity index (χ2n) is 6.91. The lowest BCUT2D eigenvalue weighted by atomic mass is 9.71. The first kappa shape index (κ1) is 16.0. The van der Waals surface area contributed by atoms with Crippen LogP contribution >= 0.6 is 0 Å². The molecular weight excluding hydrogens is 290 g/mol. The fourth-order valence-electron chi connectivity index (χ4n) is 3.75. The van der Waals surface area contributed by atoms with Crippen molar-refractivity contribution in [1.82, 2.24) is 0 Å². The maximum absolute atomic E-state index is 12.4. The van der Waals surface area contributed by atoms with Crippen molar-refractivity contribution in [3.05, 3.63) is 23.8 Å². The highest BCUT2D eigenvalue weighted by Crippen LogP contribution is 2.38. The molecule has 0 bridgehead atoms. The largest absolute Gasteiger partial charge is 0.330 e. The number of rotatable bonds is 4. The summed E-state index contributed by atoms with van der Waals surface area (Å²) in [6.07, 6.45) is 7.41. The van der Waals surface area contributed by atoms with E-state index in [2.05, 4.69) is 10.6 Å². The van der Waals surface area contributed by atoms with Crippen LogP contribution in [0.3, 0.4) is 0 Å². The van der Waals surface area contributed by atoms with Gasteiger partial charge < -0.3 is 16.4 Å². The summed E-state index contributed by atoms with van der Waals surface area (Å²) in [6.45, 7) is 0.570. The number of amides is 2. The fraction of sp³-hybridized carbons (Fsp3) is 0.556. The SMILES string of the molecule is NCC1(CC(=O)Nc2ccc3c(c2)NC(=O)CC3)CCCCC1. The number of anilines is 2. The highest BCUT2D eigenvalue weighted by molar-refractivity contribution is 5.96. The summed E-state index contributed by atoms with van der Waals surface area (Å²) in [5, 5.41) is 5.83. The van der Waals surface area contributed by atoms with Crippen LogP contribution in [0.25, 0.3) is 0 Å². The summed E-state index contributed by atoms with van der Waals surface area (Å²) in [7, 11) is 0. The number of hydrogen-bond acceptors (Lipinski definition) is 3. The molecule has 5 nitrogen and oxygen atoms in total. The third kappa shape index (κ3) is 3.72. The number of carbonyl (C=O) groups is 2. The summed E-state index contributed by atoms with van der Waals surface area (Å²) < 4.78 is 0. The minimum absolute atomic E-state index is 0.0134. The molecule has 0 radical (unpaired) electrons. The fourth-order valence-corrected chi connectivity index (χ4v) is 3.75. The van der Waals surface area contributed by atoms with Crippen LogP contribution in [0.1, 0.15) is 50.5 Å². The van der Waals surface area contributed by atoms with Gasteiger partial charge in [0.2, 0.25) is 11.8 Å². The van der Waals surface area contributed by atoms with Crippen molar-refractivity contribution in [3.8, 4) is 0 Å². The van der Waals surface area contributed by atoms with Crippen molar-refractivity contribution in [3.63, 3.8) is 0 Å². The average molecular weight is 315 g/mol. The smallest absolute Gasteiger partial charge is 0.224 e. The lowest BCUT2D eigenvalue weighted by molar-refractivity contribution is -0.119. The van der Waals surface area contributed by atoms with Gasteiger partial charge in [-0.25, -0.2) is 0 Å². The molecule has 1 aromatic rings. The van der Waals surface area contributed by atoms with Crippen molar-refractivity contribution >= 4 is 23.2 Å². The van der Waals surface area contributed by atoms with Gasteiger partial charge in [0.05, 0.1) is 0 Å². The number of nitrogens with two attached hydrogens (primary N) is 1. The van der Waals surface area contributed by atoms with E-state index in [0.29, 0.717) is 19.4 Å². The number of carbonyl (C=O) groups excluding carboxylic acids is 2. The Morgan fingerprint density at radius 3 is 2.74 bits per heavy atom. The molecule has 1 aliphatic carbocycles. The first-order chi connectivity index (χ1) is 11.1. The molecule has 1 fully saturated rings. The monoisotopic (exact) mass is 315 g/mol. The van der Waals surface area contributed by atoms with Crippen LogP contribution in [0.15, 0.2) is 18.2 Å². The zero-order valence-corrected chi connectivity index (χ0v) is 13.5. The van der Waals surface area contributed by atoms with E-state index in [0.717, 1.165) is 49.0 Å². The molecule has 2 amide bonds. The van der Waals surface area contributed by atoms with Gasteiger partial charge in [0.15, 0.2) is 0 Å². The zero-order valence-electron chi connectivity index (χ0n) is 13.5. The van der Waals surface area contributed by atoms with Gasteiger partial charge in [0, 0.05) is 24.2 Å². The van der Waals surface area contributed by atoms with Gasteiger partial charge in [-0.1, -0.05) is 25.3 Å². The van der Waals surface area contributed by atoms with Gasteiger partial charge in [0.25, 0.3) is 0 Å². The van der Waals surface area contributed by atoms with Gasteiger partial charge in [-0.15, -0.1) is 0 Å². The van der Waals surface area contributed by atoms with E-state index in [1.807, 2.05) is 18.2 Å². The van der Waals surface area contributed by atoms with Crippen molar-refractivity contribution in [1.29, 1.82) is 0 Å². The highest BCUT2D eigenvalue weighted by Gasteiger charge is 2.33. The van der Waals surface area contributed by atoms with Gasteiger partial charge >= 0.3 is 0 Å². The number of nitrogens with one attached hydrogen (secondary N) is 2. The van der Waals surface area contributed by atoms with Crippen molar-refractivity contribution in [2.75, 3.05) is 17.2 Å². The van der Waals surface area contributed by atoms with Crippen molar-refractivity contribution < 1.29 is 9.59 Å². The minimum Gasteiger partial charge on any atom is -0.330 e. The van der Waals surface area contributed by atoms with Crippen LogP contribution in [0.4, 0.5) is 11.4 Å². The second kappa shape index (κ2) is 6.71. The normalized spacial score (nSPS) is 19.6. The number of hydrogen-bond donors (Lipinski definition) is 3. The number of aryl methyl sites for hydroxylation is 1. The Balaban J connectivity index is 1.66. The van der Waals surface area contributed by atoms with Crippen LogP contribution in [0.2, 0.25) is 0 Å². The predicted molar refractivity (Wildman–Crippen MR) is 91.2 cm³/mol. The number of benzene rings is 1. The quantitative estimate of drug-likeness (QED) is 0.799. The first-order valence-electron chi connectivity index (χ1n) is 8.53. The molecular formula is C18H25N3O2. The Morgan fingerprint density at radius 2 is 2.00 bits per heavy atom. The van der Waals surface area contributed by atoms with E-state index in [9.17, 15) is 9.59 Å². The molecule has 0 unspecified atom stereocenters. The molecule has 0 saturated heterocycles. The van der Waals surface area contributed by atoms with Crippen LogP contribution in [-0.4, -0.2) is 18.4 Å². The molecule has 23 heavy (non-hydrogen) atoms. The summed E-state index contributed by atoms with van der Waals surface area (Å²) in [5.41, 5.74) is 8.59. The Hall–Kier alpha value is -1.88. The summed E-state index contributed by atoms with van der Waals surface area (Å²) >= 11 is 0. The van der Waals surface area contributed by atoms with E-state index in [1.165, 1.54) is 6.42 Å². The second-order valence-corrected chi connectivity index (χ2v) is 6.91. The third-order valence-corrected chi connectivity index (χ3v) is 5.17. The van der Waals surface area contributed by atoms with E-state index in [1.54, 1.807) is 0 Å². The first-order valence-corrected chi connectivity index (χ1v) is 8.53. The zero-order chi connectivity index (χ0) is 16.3. The molecule has 0 atom stereocenters. The van der Waals surface area contributed by atoms with Crippen LogP contribution in [0, 0.1) is 5.41 Å². The van der Waals surface area contributed by atoms with E-state index in [-0.39, 0.29) is 17.2 Å². The molecule has 1 saturated carbocycles. The lowest BCUT2D eigenvalue weighted by Crippen LogP contribution is -2.36. The van der Waals surface area contributed by atoms with Gasteiger partial charge in [-0.3, -0.25) is 9.59 Å². The van der Waals surface area contributed by atoms with Gasteiger partial charge in [-0.2, -0.15) is 0 Å². The lowest BCUT2D eigenvalue weighted by Gasteiger charge is -2.35. The molecule has 2 aliphatic rings. The van der Waals surface area contributed by atoms with Crippen molar-refractivity contribution in [2.45, 2.75) is 51.4 Å². The maximum Gasteiger partial charge on any atom is 0.224 e. The summed E-state index contributed by atoms with van der Waals surface area (Å²) in [5.74, 6) is 0.0460. The summed E-state index contributed by atoms with van der Waals surface area (Å²) in [6, 6.07) is 5.73. The standard InChI is InChI=1S/C18H25N3O2/c19-12-18(8-2-1-3-9-18)11-17(23)20-14-6-4-13-5-7-16(22)21-15(13)10-14/h4,6,10H,1-3,5,7-9,11-12,19H2,(H,20,23)(H,21,22). The molecule has 1 aromatic carbocycles. The Bertz CT molecular complexity index is 606. The molecule has 0 aromatic heterocycles. The average Bonchev–Trinajstić information content (AvgIpc) is 2.55. The highest BCUT2D eigenvalue weighted by atomic mass is 16.2. The van der Waals surface area contributed by atoms with Crippen LogP contribution in [-0.2, 0) is 16.0 Å². The van der Waals surface area contributed by atoms with Crippen LogP contribution < -0.4 is 16.4 Å². The number of fused-ring (bicyclic) bond motifs is 1. The van der Waals surface area contributed by atoms with E-state index in [4.69, 9.17) is 5.73 Å². The molecule has 124 valence electrons. The molecule has 1 heterocycles. The molecule has 5 heteroatoms. The van der Waals surface area contributed by atoms with Crippen LogP contribution in [0.5, 0.6) is 0 Å². The maximum atomic E-state index is 12.4. The van der Waals surface area contributed by atoms with Gasteiger partial charge in [0.1, 0.15) is 0 Å². The van der Waals surface area contributed by atoms with Crippen molar-refractivity contribution in [2.24, 2.45) is 11.1 Å². The predicted octanol–water partition coefficient (Wildman–Crippen LogP) is 2.81. The topological polar surface area (TPSA) is 84.2 Å². The molecule has 0 spiro atoms. The third-order valence-electron chi connectivity index (χ3n) is 5.17. The molecule has 4 N–H and O–H groups in total.